The van der Waals surface area contributed by atoms with Crippen molar-refractivity contribution in [3.63, 3.8) is 0 Å². The molecule has 0 radical (unpaired) electrons. The predicted molar refractivity (Wildman–Crippen MR) is 62.3 cm³/mol. The first-order valence-corrected chi connectivity index (χ1v) is 4.86. The molecule has 0 spiro atoms. The number of halogens is 2. The molecule has 80 valence electrons. The zero-order valence-electron chi connectivity index (χ0n) is 8.21. The Kier molecular flexibility index (Phi) is 4.05. The minimum Gasteiger partial charge on any atom is -0.346 e. The van der Waals surface area contributed by atoms with Gasteiger partial charge in [-0.25, -0.2) is 4.98 Å². The number of Topliss-reactive ketones (excluding diaryl/α,β-unsaturated/α-hetero) is 1. The van der Waals surface area contributed by atoms with Crippen LogP contribution in [0.4, 0.5) is 5.69 Å². The second-order valence-corrected chi connectivity index (χ2v) is 3.49. The number of ketones is 1. The lowest BCUT2D eigenvalue weighted by atomic mass is 10.2. The molecule has 0 atom stereocenters. The number of anilines is 1. The predicted octanol–water partition coefficient (Wildman–Crippen LogP) is 2.66. The van der Waals surface area contributed by atoms with E-state index in [0.717, 1.165) is 0 Å². The summed E-state index contributed by atoms with van der Waals surface area (Å²) in [6.07, 6.45) is 1.44. The van der Waals surface area contributed by atoms with E-state index in [2.05, 4.69) is 15.3 Å². The Morgan fingerprint density at radius 1 is 1.60 bits per heavy atom. The summed E-state index contributed by atoms with van der Waals surface area (Å²) in [6.45, 7) is 1.41. The van der Waals surface area contributed by atoms with Gasteiger partial charge in [0.1, 0.15) is 10.3 Å². The molecule has 0 bridgehead atoms. The maximum absolute atomic E-state index is 11.3. The van der Waals surface area contributed by atoms with E-state index in [1.54, 1.807) is 7.05 Å². The van der Waals surface area contributed by atoms with Gasteiger partial charge in [-0.3, -0.25) is 9.79 Å². The molecular weight excluding hydrogens is 237 g/mol. The molecule has 0 aliphatic carbocycles. The second kappa shape index (κ2) is 5.09. The normalized spacial score (nSPS) is 10.7. The summed E-state index contributed by atoms with van der Waals surface area (Å²) >= 11 is 11.5. The van der Waals surface area contributed by atoms with E-state index in [0.29, 0.717) is 11.3 Å². The number of carbonyl (C=O) groups is 1. The fraction of sp³-hybridized carbons (Fsp3) is 0.222. The summed E-state index contributed by atoms with van der Waals surface area (Å²) in [7, 11) is 1.60. The molecule has 0 aliphatic rings. The number of nitrogens with zero attached hydrogens (tertiary/aromatic N) is 2. The van der Waals surface area contributed by atoms with Crippen molar-refractivity contribution >= 4 is 41.0 Å². The highest BCUT2D eigenvalue weighted by Gasteiger charge is 2.13. The van der Waals surface area contributed by atoms with E-state index in [-0.39, 0.29) is 16.1 Å². The van der Waals surface area contributed by atoms with Crippen LogP contribution in [-0.4, -0.2) is 24.2 Å². The molecule has 1 aromatic rings. The van der Waals surface area contributed by atoms with Gasteiger partial charge < -0.3 is 5.32 Å². The lowest BCUT2D eigenvalue weighted by Gasteiger charge is -2.07. The summed E-state index contributed by atoms with van der Waals surface area (Å²) in [5, 5.41) is 3.11. The Balaban J connectivity index is 3.26. The largest absolute Gasteiger partial charge is 0.346 e. The molecule has 0 aromatic carbocycles. The average Bonchev–Trinajstić information content (AvgIpc) is 2.12. The number of pyridine rings is 1. The third-order valence-electron chi connectivity index (χ3n) is 1.65. The van der Waals surface area contributed by atoms with Crippen molar-refractivity contribution in [2.75, 3.05) is 12.4 Å². The minimum absolute atomic E-state index is 0.0852. The van der Waals surface area contributed by atoms with Crippen LogP contribution >= 0.6 is 23.2 Å². The van der Waals surface area contributed by atoms with Gasteiger partial charge in [0, 0.05) is 7.05 Å². The third-order valence-corrected chi connectivity index (χ3v) is 2.11. The van der Waals surface area contributed by atoms with E-state index in [9.17, 15) is 4.79 Å². The van der Waals surface area contributed by atoms with Crippen LogP contribution in [0.25, 0.3) is 0 Å². The summed E-state index contributed by atoms with van der Waals surface area (Å²) in [5.74, 6) is -0.184. The van der Waals surface area contributed by atoms with Crippen molar-refractivity contribution in [2.24, 2.45) is 4.99 Å². The Labute approximate surface area is 97.3 Å². The highest BCUT2D eigenvalue weighted by molar-refractivity contribution is 6.35. The zero-order chi connectivity index (χ0) is 11.4. The first-order valence-electron chi connectivity index (χ1n) is 4.10. The fourth-order valence-electron chi connectivity index (χ4n) is 1.07. The van der Waals surface area contributed by atoms with Gasteiger partial charge in [0.05, 0.1) is 17.6 Å². The van der Waals surface area contributed by atoms with Crippen molar-refractivity contribution in [3.05, 3.63) is 21.9 Å². The zero-order valence-corrected chi connectivity index (χ0v) is 9.73. The molecule has 1 aromatic heterocycles. The number of carbonyl (C=O) groups excluding carboxylic acids is 1. The highest BCUT2D eigenvalue weighted by Crippen LogP contribution is 2.26. The van der Waals surface area contributed by atoms with Crippen molar-refractivity contribution in [3.8, 4) is 0 Å². The van der Waals surface area contributed by atoms with E-state index < -0.39 is 0 Å². The molecule has 4 nitrogen and oxygen atoms in total. The van der Waals surface area contributed by atoms with Crippen LogP contribution < -0.4 is 5.32 Å². The minimum atomic E-state index is -0.184. The lowest BCUT2D eigenvalue weighted by Crippen LogP contribution is -2.05. The van der Waals surface area contributed by atoms with Gasteiger partial charge in [-0.05, 0) is 13.0 Å². The number of rotatable bonds is 3. The summed E-state index contributed by atoms with van der Waals surface area (Å²) in [6, 6.07) is 1.52. The topological polar surface area (TPSA) is 54.4 Å². The molecule has 1 N–H and O–H groups in total. The van der Waals surface area contributed by atoms with Crippen LogP contribution in [0.5, 0.6) is 0 Å². The lowest BCUT2D eigenvalue weighted by molar-refractivity contribution is 0.101. The smallest absolute Gasteiger partial charge is 0.165 e. The van der Waals surface area contributed by atoms with E-state index in [1.807, 2.05) is 0 Å². The molecule has 1 heterocycles. The Bertz CT molecular complexity index is 418. The Morgan fingerprint density at radius 3 is 2.80 bits per heavy atom. The first-order chi connectivity index (χ1) is 7.06. The molecule has 0 saturated carbocycles. The standard InChI is InChI=1S/C9H9Cl2N3O/c1-5(15)8-6(13-4-12-2)3-7(10)14-9(8)11/h3-4H,1-2H3,(H,12,13,14). The van der Waals surface area contributed by atoms with E-state index in [4.69, 9.17) is 23.2 Å². The fourth-order valence-corrected chi connectivity index (χ4v) is 1.63. The van der Waals surface area contributed by atoms with Crippen molar-refractivity contribution in [2.45, 2.75) is 6.92 Å². The molecule has 1 rings (SSSR count). The number of hydrogen-bond acceptors (Lipinski definition) is 3. The molecule has 0 unspecified atom stereocenters. The maximum atomic E-state index is 11.3. The molecule has 15 heavy (non-hydrogen) atoms. The van der Waals surface area contributed by atoms with Crippen LogP contribution in [0.3, 0.4) is 0 Å². The number of hydrogen-bond donors (Lipinski definition) is 1. The van der Waals surface area contributed by atoms with Crippen LogP contribution in [-0.2, 0) is 0 Å². The Hall–Kier alpha value is -1.13. The van der Waals surface area contributed by atoms with Crippen molar-refractivity contribution < 1.29 is 4.79 Å². The Morgan fingerprint density at radius 2 is 2.27 bits per heavy atom. The van der Waals surface area contributed by atoms with Crippen molar-refractivity contribution in [1.82, 2.24) is 4.98 Å². The van der Waals surface area contributed by atoms with Crippen LogP contribution in [0, 0.1) is 0 Å². The molecule has 0 aliphatic heterocycles. The summed E-state index contributed by atoms with van der Waals surface area (Å²) < 4.78 is 0. The number of nitrogens with one attached hydrogen (secondary N) is 1. The molecular formula is C9H9Cl2N3O. The second-order valence-electron chi connectivity index (χ2n) is 2.75. The SMILES string of the molecule is CN=CNc1cc(Cl)nc(Cl)c1C(C)=O. The van der Waals surface area contributed by atoms with E-state index >= 15 is 0 Å². The molecule has 0 amide bonds. The highest BCUT2D eigenvalue weighted by atomic mass is 35.5. The van der Waals surface area contributed by atoms with Gasteiger partial charge in [-0.15, -0.1) is 0 Å². The van der Waals surface area contributed by atoms with Crippen LogP contribution in [0.2, 0.25) is 10.3 Å². The maximum Gasteiger partial charge on any atom is 0.165 e. The molecule has 6 heteroatoms. The quantitative estimate of drug-likeness (QED) is 0.386. The summed E-state index contributed by atoms with van der Waals surface area (Å²) in [5.41, 5.74) is 0.805. The van der Waals surface area contributed by atoms with Gasteiger partial charge in [0.2, 0.25) is 0 Å². The van der Waals surface area contributed by atoms with Gasteiger partial charge >= 0.3 is 0 Å². The average molecular weight is 246 g/mol. The molecule has 0 fully saturated rings. The van der Waals surface area contributed by atoms with Gasteiger partial charge in [-0.1, -0.05) is 23.2 Å². The van der Waals surface area contributed by atoms with Gasteiger partial charge in [0.15, 0.2) is 5.78 Å². The molecule has 0 saturated heterocycles. The van der Waals surface area contributed by atoms with Gasteiger partial charge in [-0.2, -0.15) is 0 Å². The number of aromatic nitrogens is 1. The monoisotopic (exact) mass is 245 g/mol. The van der Waals surface area contributed by atoms with Gasteiger partial charge in [0.25, 0.3) is 0 Å². The third kappa shape index (κ3) is 2.91. The number of aliphatic imine (C=N–C) groups is 1. The van der Waals surface area contributed by atoms with Crippen LogP contribution in [0.15, 0.2) is 11.1 Å². The van der Waals surface area contributed by atoms with E-state index in [1.165, 1.54) is 19.3 Å². The summed E-state index contributed by atoms with van der Waals surface area (Å²) in [4.78, 5) is 18.8. The van der Waals surface area contributed by atoms with Crippen LogP contribution in [0.1, 0.15) is 17.3 Å². The first kappa shape index (κ1) is 11.9. The van der Waals surface area contributed by atoms with Crippen molar-refractivity contribution in [1.29, 1.82) is 0 Å².